The fraction of sp³-hybridized carbons (Fsp3) is 0.150. The summed E-state index contributed by atoms with van der Waals surface area (Å²) in [6, 6.07) is 11.0. The molecule has 3 amide bonds. The number of nitro benzene ring substituents is 1. The van der Waals surface area contributed by atoms with Crippen LogP contribution in [-0.2, 0) is 16.2 Å². The van der Waals surface area contributed by atoms with Gasteiger partial charge in [0, 0.05) is 6.07 Å². The van der Waals surface area contributed by atoms with Gasteiger partial charge >= 0.3 is 0 Å². The van der Waals surface area contributed by atoms with E-state index in [4.69, 9.17) is 15.2 Å². The summed E-state index contributed by atoms with van der Waals surface area (Å²) in [4.78, 5) is 47.0. The normalized spacial score (nSPS) is 14.7. The highest BCUT2D eigenvalue weighted by Gasteiger charge is 2.35. The van der Waals surface area contributed by atoms with Crippen molar-refractivity contribution in [1.82, 2.24) is 4.90 Å². The molecule has 3 rings (SSSR count). The van der Waals surface area contributed by atoms with Crippen molar-refractivity contribution in [3.05, 3.63) is 68.6 Å². The number of imide groups is 1. The first-order valence-electron chi connectivity index (χ1n) is 8.87. The van der Waals surface area contributed by atoms with Crippen LogP contribution in [0.1, 0.15) is 11.1 Å². The van der Waals surface area contributed by atoms with Gasteiger partial charge in [0.2, 0.25) is 5.91 Å². The summed E-state index contributed by atoms with van der Waals surface area (Å²) >= 11 is 0.694. The standard InChI is InChI=1S/C20H17N3O7S/c1-29-15-7-6-12(9-17-19(25)22(10-18(21)24)20(26)31-17)8-16(15)30-11-13-4-2-3-5-14(13)23(27)28/h2-9H,10-11H2,1H3,(H2,21,24)/b17-9-. The molecular weight excluding hydrogens is 426 g/mol. The molecule has 0 aliphatic carbocycles. The van der Waals surface area contributed by atoms with E-state index in [2.05, 4.69) is 0 Å². The molecule has 0 aromatic heterocycles. The molecule has 0 radical (unpaired) electrons. The number of amides is 3. The van der Waals surface area contributed by atoms with Gasteiger partial charge in [0.25, 0.3) is 16.8 Å². The Morgan fingerprint density at radius 2 is 1.97 bits per heavy atom. The monoisotopic (exact) mass is 443 g/mol. The number of nitro groups is 1. The van der Waals surface area contributed by atoms with Gasteiger partial charge in [0.15, 0.2) is 11.5 Å². The third-order valence-corrected chi connectivity index (χ3v) is 5.15. The molecule has 0 spiro atoms. The number of carbonyl (C=O) groups excluding carboxylic acids is 3. The number of carbonyl (C=O) groups is 3. The zero-order valence-corrected chi connectivity index (χ0v) is 17.1. The number of hydrogen-bond donors (Lipinski definition) is 1. The van der Waals surface area contributed by atoms with Gasteiger partial charge in [-0.2, -0.15) is 0 Å². The minimum absolute atomic E-state index is 0.0688. The number of benzene rings is 2. The van der Waals surface area contributed by atoms with E-state index in [-0.39, 0.29) is 17.2 Å². The number of rotatable bonds is 8. The molecular formula is C20H17N3O7S. The number of nitrogens with zero attached hydrogens (tertiary/aromatic N) is 2. The molecule has 1 heterocycles. The molecule has 31 heavy (non-hydrogen) atoms. The molecule has 1 fully saturated rings. The summed E-state index contributed by atoms with van der Waals surface area (Å²) < 4.78 is 11.0. The molecule has 2 N–H and O–H groups in total. The van der Waals surface area contributed by atoms with Crippen LogP contribution in [0.25, 0.3) is 6.08 Å². The van der Waals surface area contributed by atoms with Crippen molar-refractivity contribution in [2.75, 3.05) is 13.7 Å². The van der Waals surface area contributed by atoms with Crippen molar-refractivity contribution in [2.24, 2.45) is 5.73 Å². The predicted molar refractivity (Wildman–Crippen MR) is 112 cm³/mol. The molecule has 2 aromatic rings. The summed E-state index contributed by atoms with van der Waals surface area (Å²) in [5.74, 6) is -0.728. The largest absolute Gasteiger partial charge is 0.493 e. The van der Waals surface area contributed by atoms with Gasteiger partial charge in [0.05, 0.1) is 22.5 Å². The molecule has 10 nitrogen and oxygen atoms in total. The Morgan fingerprint density at radius 3 is 2.65 bits per heavy atom. The number of hydrogen-bond acceptors (Lipinski definition) is 8. The van der Waals surface area contributed by atoms with E-state index in [1.807, 2.05) is 0 Å². The topological polar surface area (TPSA) is 142 Å². The van der Waals surface area contributed by atoms with Gasteiger partial charge < -0.3 is 15.2 Å². The molecule has 160 valence electrons. The molecule has 1 saturated heterocycles. The van der Waals surface area contributed by atoms with E-state index in [1.165, 1.54) is 19.3 Å². The maximum Gasteiger partial charge on any atom is 0.294 e. The first-order chi connectivity index (χ1) is 14.8. The van der Waals surface area contributed by atoms with Crippen LogP contribution in [0.3, 0.4) is 0 Å². The molecule has 1 aliphatic rings. The van der Waals surface area contributed by atoms with Crippen molar-refractivity contribution in [2.45, 2.75) is 6.61 Å². The maximum absolute atomic E-state index is 12.4. The lowest BCUT2D eigenvalue weighted by molar-refractivity contribution is -0.385. The maximum atomic E-state index is 12.4. The fourth-order valence-electron chi connectivity index (χ4n) is 2.81. The number of para-hydroxylation sites is 1. The third-order valence-electron chi connectivity index (χ3n) is 4.24. The highest BCUT2D eigenvalue weighted by atomic mass is 32.2. The summed E-state index contributed by atoms with van der Waals surface area (Å²) in [6.45, 7) is -0.569. The van der Waals surface area contributed by atoms with E-state index in [0.29, 0.717) is 34.4 Å². The molecule has 2 aromatic carbocycles. The Hall–Kier alpha value is -3.86. The van der Waals surface area contributed by atoms with Crippen molar-refractivity contribution >= 4 is 40.6 Å². The fourth-order valence-corrected chi connectivity index (χ4v) is 3.64. The second kappa shape index (κ2) is 9.30. The summed E-state index contributed by atoms with van der Waals surface area (Å²) in [5, 5.41) is 10.6. The molecule has 0 atom stereocenters. The summed E-state index contributed by atoms with van der Waals surface area (Å²) in [7, 11) is 1.45. The Bertz CT molecular complexity index is 1100. The van der Waals surface area contributed by atoms with Crippen molar-refractivity contribution in [3.8, 4) is 11.5 Å². The molecule has 1 aliphatic heterocycles. The number of methoxy groups -OCH3 is 1. The second-order valence-corrected chi connectivity index (χ2v) is 7.31. The minimum atomic E-state index is -0.793. The molecule has 11 heteroatoms. The van der Waals surface area contributed by atoms with Gasteiger partial charge in [-0.25, -0.2) is 0 Å². The van der Waals surface area contributed by atoms with Crippen LogP contribution < -0.4 is 15.2 Å². The van der Waals surface area contributed by atoms with Gasteiger partial charge in [-0.1, -0.05) is 18.2 Å². The van der Waals surface area contributed by atoms with E-state index in [0.717, 1.165) is 4.90 Å². The average molecular weight is 443 g/mol. The summed E-state index contributed by atoms with van der Waals surface area (Å²) in [6.07, 6.45) is 1.48. The highest BCUT2D eigenvalue weighted by molar-refractivity contribution is 8.18. The Kier molecular flexibility index (Phi) is 6.55. The number of primary amides is 1. The Balaban J connectivity index is 1.84. The van der Waals surface area contributed by atoms with Crippen molar-refractivity contribution in [1.29, 1.82) is 0 Å². The Morgan fingerprint density at radius 1 is 1.23 bits per heavy atom. The van der Waals surface area contributed by atoms with Crippen LogP contribution in [-0.4, -0.2) is 40.5 Å². The van der Waals surface area contributed by atoms with Crippen LogP contribution in [0.2, 0.25) is 0 Å². The van der Waals surface area contributed by atoms with Gasteiger partial charge in [-0.15, -0.1) is 0 Å². The quantitative estimate of drug-likeness (QED) is 0.373. The van der Waals surface area contributed by atoms with Crippen molar-refractivity contribution in [3.63, 3.8) is 0 Å². The van der Waals surface area contributed by atoms with Crippen LogP contribution in [0.4, 0.5) is 10.5 Å². The van der Waals surface area contributed by atoms with Gasteiger partial charge in [-0.3, -0.25) is 29.4 Å². The zero-order valence-electron chi connectivity index (χ0n) is 16.3. The van der Waals surface area contributed by atoms with Crippen LogP contribution in [0.5, 0.6) is 11.5 Å². The third kappa shape index (κ3) is 5.01. The summed E-state index contributed by atoms with van der Waals surface area (Å²) in [5.41, 5.74) is 5.91. The lowest BCUT2D eigenvalue weighted by Crippen LogP contribution is -2.36. The second-order valence-electron chi connectivity index (χ2n) is 6.32. The number of nitrogens with two attached hydrogens (primary N) is 1. The smallest absolute Gasteiger partial charge is 0.294 e. The zero-order chi connectivity index (χ0) is 22.5. The minimum Gasteiger partial charge on any atom is -0.493 e. The Labute approximate surface area is 180 Å². The van der Waals surface area contributed by atoms with Crippen LogP contribution >= 0.6 is 11.8 Å². The van der Waals surface area contributed by atoms with E-state index < -0.39 is 28.5 Å². The van der Waals surface area contributed by atoms with E-state index in [1.54, 1.807) is 36.4 Å². The lowest BCUT2D eigenvalue weighted by Gasteiger charge is -2.12. The van der Waals surface area contributed by atoms with E-state index in [9.17, 15) is 24.5 Å². The van der Waals surface area contributed by atoms with Gasteiger partial charge in [0.1, 0.15) is 13.2 Å². The van der Waals surface area contributed by atoms with Crippen LogP contribution in [0.15, 0.2) is 47.4 Å². The van der Waals surface area contributed by atoms with E-state index >= 15 is 0 Å². The first-order valence-corrected chi connectivity index (χ1v) is 9.68. The number of ether oxygens (including phenoxy) is 2. The SMILES string of the molecule is COc1ccc(/C=C2\SC(=O)N(CC(N)=O)C2=O)cc1OCc1ccccc1[N+](=O)[O-]. The lowest BCUT2D eigenvalue weighted by atomic mass is 10.1. The molecule has 0 saturated carbocycles. The van der Waals surface area contributed by atoms with Gasteiger partial charge in [-0.05, 0) is 41.6 Å². The predicted octanol–water partition coefficient (Wildman–Crippen LogP) is 2.70. The van der Waals surface area contributed by atoms with Crippen LogP contribution in [0, 0.1) is 10.1 Å². The first kappa shape index (κ1) is 21.8. The molecule has 0 bridgehead atoms. The highest BCUT2D eigenvalue weighted by Crippen LogP contribution is 2.35. The van der Waals surface area contributed by atoms with Crippen molar-refractivity contribution < 1.29 is 28.8 Å². The average Bonchev–Trinajstić information content (AvgIpc) is 2.99. The number of thioether (sulfide) groups is 1. The molecule has 0 unspecified atom stereocenters.